The maximum Gasteiger partial charge on any atom is 0.233 e. The van der Waals surface area contributed by atoms with Gasteiger partial charge in [-0.3, -0.25) is 9.59 Å². The summed E-state index contributed by atoms with van der Waals surface area (Å²) in [7, 11) is 0. The lowest BCUT2D eigenvalue weighted by molar-refractivity contribution is -0.126. The maximum atomic E-state index is 11.9. The van der Waals surface area contributed by atoms with Crippen LogP contribution >= 0.6 is 27.5 Å². The van der Waals surface area contributed by atoms with E-state index in [1.54, 1.807) is 18.2 Å². The van der Waals surface area contributed by atoms with Gasteiger partial charge < -0.3 is 10.6 Å². The average molecular weight is 396 g/mol. The normalized spacial score (nSPS) is 10.2. The molecule has 0 saturated heterocycles. The van der Waals surface area contributed by atoms with Crippen LogP contribution in [0.1, 0.15) is 17.5 Å². The molecular weight excluding hydrogens is 380 g/mol. The standard InChI is InChI=1S/C17H16BrClN2O2/c1-11-8-13(18)4-7-15(11)21-17(23)9-16(22)20-10-12-2-5-14(19)6-3-12/h2-8H,9-10H2,1H3,(H,20,22)(H,21,23). The SMILES string of the molecule is Cc1cc(Br)ccc1NC(=O)CC(=O)NCc1ccc(Cl)cc1. The summed E-state index contributed by atoms with van der Waals surface area (Å²) in [4.78, 5) is 23.7. The molecule has 2 amide bonds. The third-order valence-electron chi connectivity index (χ3n) is 3.19. The number of anilines is 1. The molecule has 0 aliphatic carbocycles. The van der Waals surface area contributed by atoms with Gasteiger partial charge in [-0.05, 0) is 48.4 Å². The van der Waals surface area contributed by atoms with Crippen molar-refractivity contribution in [2.24, 2.45) is 0 Å². The van der Waals surface area contributed by atoms with Crippen LogP contribution in [0.3, 0.4) is 0 Å². The fraction of sp³-hybridized carbons (Fsp3) is 0.176. The fourth-order valence-electron chi connectivity index (χ4n) is 1.97. The lowest BCUT2D eigenvalue weighted by Crippen LogP contribution is -2.27. The molecule has 0 saturated carbocycles. The molecule has 2 rings (SSSR count). The van der Waals surface area contributed by atoms with Crippen molar-refractivity contribution in [1.82, 2.24) is 5.32 Å². The molecule has 0 heterocycles. The van der Waals surface area contributed by atoms with Gasteiger partial charge in [0.05, 0.1) is 0 Å². The van der Waals surface area contributed by atoms with Gasteiger partial charge in [-0.25, -0.2) is 0 Å². The highest BCUT2D eigenvalue weighted by molar-refractivity contribution is 9.10. The zero-order chi connectivity index (χ0) is 16.8. The minimum Gasteiger partial charge on any atom is -0.352 e. The first-order valence-corrected chi connectivity index (χ1v) is 8.18. The van der Waals surface area contributed by atoms with Gasteiger partial charge in [0.2, 0.25) is 11.8 Å². The predicted molar refractivity (Wildman–Crippen MR) is 95.4 cm³/mol. The van der Waals surface area contributed by atoms with E-state index in [-0.39, 0.29) is 18.2 Å². The first-order valence-electron chi connectivity index (χ1n) is 7.01. The van der Waals surface area contributed by atoms with E-state index in [4.69, 9.17) is 11.6 Å². The van der Waals surface area contributed by atoms with Crippen molar-refractivity contribution in [3.63, 3.8) is 0 Å². The molecular formula is C17H16BrClN2O2. The van der Waals surface area contributed by atoms with E-state index in [2.05, 4.69) is 26.6 Å². The van der Waals surface area contributed by atoms with Crippen LogP contribution in [-0.4, -0.2) is 11.8 Å². The molecule has 0 fully saturated rings. The predicted octanol–water partition coefficient (Wildman–Crippen LogP) is 4.06. The Hall–Kier alpha value is -1.85. The monoisotopic (exact) mass is 394 g/mol. The number of carbonyl (C=O) groups is 2. The quantitative estimate of drug-likeness (QED) is 0.750. The smallest absolute Gasteiger partial charge is 0.233 e. The number of hydrogen-bond donors (Lipinski definition) is 2. The van der Waals surface area contributed by atoms with Gasteiger partial charge in [0.25, 0.3) is 0 Å². The van der Waals surface area contributed by atoms with E-state index in [9.17, 15) is 9.59 Å². The Morgan fingerprint density at radius 3 is 2.43 bits per heavy atom. The third kappa shape index (κ3) is 5.69. The molecule has 4 nitrogen and oxygen atoms in total. The Morgan fingerprint density at radius 2 is 1.78 bits per heavy atom. The van der Waals surface area contributed by atoms with Crippen LogP contribution in [0.4, 0.5) is 5.69 Å². The number of halogens is 2. The number of benzene rings is 2. The summed E-state index contributed by atoms with van der Waals surface area (Å²) in [6.45, 7) is 2.25. The van der Waals surface area contributed by atoms with Crippen molar-refractivity contribution in [2.45, 2.75) is 19.9 Å². The fourth-order valence-corrected chi connectivity index (χ4v) is 2.57. The van der Waals surface area contributed by atoms with Crippen molar-refractivity contribution >= 4 is 45.0 Å². The first-order chi connectivity index (χ1) is 10.9. The summed E-state index contributed by atoms with van der Waals surface area (Å²) < 4.78 is 0.939. The van der Waals surface area contributed by atoms with Gasteiger partial charge in [-0.1, -0.05) is 39.7 Å². The van der Waals surface area contributed by atoms with Crippen molar-refractivity contribution in [1.29, 1.82) is 0 Å². The van der Waals surface area contributed by atoms with Crippen LogP contribution in [0.15, 0.2) is 46.9 Å². The van der Waals surface area contributed by atoms with Crippen LogP contribution in [0.25, 0.3) is 0 Å². The second-order valence-corrected chi connectivity index (χ2v) is 6.44. The summed E-state index contributed by atoms with van der Waals surface area (Å²) in [6.07, 6.45) is -0.219. The minimum absolute atomic E-state index is 0.219. The highest BCUT2D eigenvalue weighted by atomic mass is 79.9. The molecule has 0 aliphatic heterocycles. The summed E-state index contributed by atoms with van der Waals surface area (Å²) >= 11 is 9.16. The molecule has 0 bridgehead atoms. The molecule has 0 spiro atoms. The van der Waals surface area contributed by atoms with E-state index < -0.39 is 0 Å². The average Bonchev–Trinajstić information content (AvgIpc) is 2.49. The van der Waals surface area contributed by atoms with Crippen LogP contribution in [0.5, 0.6) is 0 Å². The molecule has 6 heteroatoms. The summed E-state index contributed by atoms with van der Waals surface area (Å²) in [5, 5.41) is 6.09. The van der Waals surface area contributed by atoms with Crippen LogP contribution in [0.2, 0.25) is 5.02 Å². The number of hydrogen-bond acceptors (Lipinski definition) is 2. The largest absolute Gasteiger partial charge is 0.352 e. The van der Waals surface area contributed by atoms with Crippen molar-refractivity contribution in [3.8, 4) is 0 Å². The summed E-state index contributed by atoms with van der Waals surface area (Å²) in [5.41, 5.74) is 2.55. The zero-order valence-corrected chi connectivity index (χ0v) is 14.9. The van der Waals surface area contributed by atoms with E-state index in [1.807, 2.05) is 31.2 Å². The van der Waals surface area contributed by atoms with Crippen molar-refractivity contribution in [2.75, 3.05) is 5.32 Å². The van der Waals surface area contributed by atoms with Gasteiger partial charge in [-0.15, -0.1) is 0 Å². The minimum atomic E-state index is -0.343. The number of aryl methyl sites for hydroxylation is 1. The summed E-state index contributed by atoms with van der Waals surface area (Å²) in [5.74, 6) is -0.670. The number of rotatable bonds is 5. The molecule has 2 aromatic rings. The maximum absolute atomic E-state index is 11.9. The van der Waals surface area contributed by atoms with Gasteiger partial charge in [0, 0.05) is 21.7 Å². The van der Waals surface area contributed by atoms with Crippen LogP contribution < -0.4 is 10.6 Å². The Bertz CT molecular complexity index is 717. The molecule has 0 atom stereocenters. The zero-order valence-electron chi connectivity index (χ0n) is 12.5. The molecule has 23 heavy (non-hydrogen) atoms. The van der Waals surface area contributed by atoms with Gasteiger partial charge in [0.1, 0.15) is 6.42 Å². The van der Waals surface area contributed by atoms with Gasteiger partial charge in [-0.2, -0.15) is 0 Å². The molecule has 0 aromatic heterocycles. The van der Waals surface area contributed by atoms with E-state index >= 15 is 0 Å². The molecule has 0 radical (unpaired) electrons. The Labute approximate surface area is 148 Å². The number of carbonyl (C=O) groups excluding carboxylic acids is 2. The molecule has 120 valence electrons. The van der Waals surface area contributed by atoms with Gasteiger partial charge >= 0.3 is 0 Å². The van der Waals surface area contributed by atoms with Crippen molar-refractivity contribution < 1.29 is 9.59 Å². The topological polar surface area (TPSA) is 58.2 Å². The molecule has 0 unspecified atom stereocenters. The second-order valence-electron chi connectivity index (χ2n) is 5.09. The van der Waals surface area contributed by atoms with Gasteiger partial charge in [0.15, 0.2) is 0 Å². The van der Waals surface area contributed by atoms with E-state index in [0.29, 0.717) is 17.3 Å². The van der Waals surface area contributed by atoms with Crippen LogP contribution in [0, 0.1) is 6.92 Å². The van der Waals surface area contributed by atoms with E-state index in [0.717, 1.165) is 15.6 Å². The van der Waals surface area contributed by atoms with Crippen LogP contribution in [-0.2, 0) is 16.1 Å². The summed E-state index contributed by atoms with van der Waals surface area (Å²) in [6, 6.07) is 12.7. The second kappa shape index (κ2) is 8.13. The highest BCUT2D eigenvalue weighted by Crippen LogP contribution is 2.20. The Balaban J connectivity index is 1.82. The first kappa shape index (κ1) is 17.5. The lowest BCUT2D eigenvalue weighted by atomic mass is 10.2. The number of amides is 2. The Kier molecular flexibility index (Phi) is 6.19. The molecule has 2 N–H and O–H groups in total. The Morgan fingerprint density at radius 1 is 1.09 bits per heavy atom. The lowest BCUT2D eigenvalue weighted by Gasteiger charge is -2.09. The number of nitrogens with one attached hydrogen (secondary N) is 2. The molecule has 2 aromatic carbocycles. The third-order valence-corrected chi connectivity index (χ3v) is 3.93. The van der Waals surface area contributed by atoms with E-state index in [1.165, 1.54) is 0 Å². The van der Waals surface area contributed by atoms with Crippen molar-refractivity contribution in [3.05, 3.63) is 63.1 Å². The highest BCUT2D eigenvalue weighted by Gasteiger charge is 2.10. The molecule has 0 aliphatic rings.